The lowest BCUT2D eigenvalue weighted by atomic mass is 9.67. The van der Waals surface area contributed by atoms with Gasteiger partial charge in [0.1, 0.15) is 6.10 Å². The summed E-state index contributed by atoms with van der Waals surface area (Å²) in [5, 5.41) is 22.2. The average molecular weight is 342 g/mol. The van der Waals surface area contributed by atoms with Crippen LogP contribution in [0.15, 0.2) is 15.9 Å². The molecule has 104 valence electrons. The molecule has 0 aromatic carbocycles. The highest BCUT2D eigenvalue weighted by Crippen LogP contribution is 2.50. The third-order valence-corrected chi connectivity index (χ3v) is 6.26. The Kier molecular flexibility index (Phi) is 5.05. The summed E-state index contributed by atoms with van der Waals surface area (Å²) in [6.45, 7) is 2.21. The van der Waals surface area contributed by atoms with Crippen LogP contribution in [0.5, 0.6) is 0 Å². The van der Waals surface area contributed by atoms with Gasteiger partial charge in [-0.3, -0.25) is 0 Å². The van der Waals surface area contributed by atoms with Crippen LogP contribution >= 0.6 is 27.3 Å². The fourth-order valence-electron chi connectivity index (χ4n) is 3.09. The number of nitriles is 1. The van der Waals surface area contributed by atoms with Gasteiger partial charge in [-0.1, -0.05) is 19.8 Å². The molecule has 1 heterocycles. The van der Waals surface area contributed by atoms with Crippen LogP contribution in [0.3, 0.4) is 0 Å². The van der Waals surface area contributed by atoms with E-state index in [1.807, 2.05) is 11.4 Å². The average Bonchev–Trinajstić information content (AvgIpc) is 2.85. The largest absolute Gasteiger partial charge is 0.386 e. The van der Waals surface area contributed by atoms with Crippen molar-refractivity contribution in [2.45, 2.75) is 51.6 Å². The van der Waals surface area contributed by atoms with E-state index < -0.39 is 11.5 Å². The zero-order valence-electron chi connectivity index (χ0n) is 11.2. The summed E-state index contributed by atoms with van der Waals surface area (Å²) in [6, 6.07) is 4.37. The summed E-state index contributed by atoms with van der Waals surface area (Å²) in [5.74, 6) is 0.741. The van der Waals surface area contributed by atoms with E-state index in [9.17, 15) is 10.4 Å². The predicted molar refractivity (Wildman–Crippen MR) is 81.9 cm³/mol. The number of thiophene rings is 1. The molecule has 2 rings (SSSR count). The van der Waals surface area contributed by atoms with E-state index >= 15 is 0 Å². The lowest BCUT2D eigenvalue weighted by Crippen LogP contribution is -2.32. The smallest absolute Gasteiger partial charge is 0.108 e. The van der Waals surface area contributed by atoms with E-state index in [0.717, 1.165) is 41.0 Å². The fraction of sp³-hybridized carbons (Fsp3) is 0.667. The molecule has 1 fully saturated rings. The van der Waals surface area contributed by atoms with E-state index in [2.05, 4.69) is 28.9 Å². The maximum Gasteiger partial charge on any atom is 0.108 e. The van der Waals surface area contributed by atoms with Crippen molar-refractivity contribution in [1.82, 2.24) is 0 Å². The Morgan fingerprint density at radius 1 is 1.58 bits per heavy atom. The van der Waals surface area contributed by atoms with E-state index in [4.69, 9.17) is 0 Å². The van der Waals surface area contributed by atoms with Gasteiger partial charge in [-0.05, 0) is 59.0 Å². The molecule has 1 aliphatic rings. The molecule has 2 nitrogen and oxygen atoms in total. The van der Waals surface area contributed by atoms with E-state index in [1.165, 1.54) is 24.2 Å². The van der Waals surface area contributed by atoms with Crippen molar-refractivity contribution in [2.75, 3.05) is 0 Å². The van der Waals surface area contributed by atoms with Crippen molar-refractivity contribution in [3.63, 3.8) is 0 Å². The molecule has 1 unspecified atom stereocenters. The third-order valence-electron chi connectivity index (χ3n) is 4.33. The van der Waals surface area contributed by atoms with Crippen LogP contribution in [-0.2, 0) is 0 Å². The first-order valence-corrected chi connectivity index (χ1v) is 8.62. The van der Waals surface area contributed by atoms with Crippen LogP contribution in [0.4, 0.5) is 0 Å². The molecule has 1 aromatic heterocycles. The van der Waals surface area contributed by atoms with E-state index in [-0.39, 0.29) is 0 Å². The molecule has 1 saturated carbocycles. The van der Waals surface area contributed by atoms with Gasteiger partial charge in [0.15, 0.2) is 0 Å². The number of hydrogen-bond donors (Lipinski definition) is 1. The Labute approximate surface area is 127 Å². The summed E-state index contributed by atoms with van der Waals surface area (Å²) < 4.78 is 0.926. The number of nitrogens with zero attached hydrogens (tertiary/aromatic N) is 1. The van der Waals surface area contributed by atoms with E-state index in [1.54, 1.807) is 0 Å². The highest BCUT2D eigenvalue weighted by Gasteiger charge is 2.43. The molecule has 4 heteroatoms. The van der Waals surface area contributed by atoms with Crippen LogP contribution in [0, 0.1) is 22.7 Å². The Bertz CT molecular complexity index is 457. The second kappa shape index (κ2) is 6.39. The molecule has 0 radical (unpaired) electrons. The zero-order chi connectivity index (χ0) is 13.9. The lowest BCUT2D eigenvalue weighted by molar-refractivity contribution is 0.0257. The van der Waals surface area contributed by atoms with Gasteiger partial charge >= 0.3 is 0 Å². The molecule has 0 amide bonds. The highest BCUT2D eigenvalue weighted by molar-refractivity contribution is 9.10. The Morgan fingerprint density at radius 3 is 2.74 bits per heavy atom. The summed E-state index contributed by atoms with van der Waals surface area (Å²) in [4.78, 5) is 0.899. The fourth-order valence-corrected chi connectivity index (χ4v) is 4.78. The second-order valence-corrected chi connectivity index (χ2v) is 7.34. The minimum absolute atomic E-state index is 0.586. The summed E-state index contributed by atoms with van der Waals surface area (Å²) in [6.07, 6.45) is 5.58. The van der Waals surface area contributed by atoms with Gasteiger partial charge in [0.05, 0.1) is 11.5 Å². The van der Waals surface area contributed by atoms with Crippen LogP contribution < -0.4 is 0 Å². The maximum absolute atomic E-state index is 10.6. The first kappa shape index (κ1) is 15.0. The number of hydrogen-bond acceptors (Lipinski definition) is 3. The number of aliphatic hydroxyl groups is 1. The Balaban J connectivity index is 2.13. The highest BCUT2D eigenvalue weighted by atomic mass is 79.9. The normalized spacial score (nSPS) is 28.8. The van der Waals surface area contributed by atoms with Crippen molar-refractivity contribution >= 4 is 27.3 Å². The molecular weight excluding hydrogens is 322 g/mol. The van der Waals surface area contributed by atoms with Crippen LogP contribution in [0.25, 0.3) is 0 Å². The van der Waals surface area contributed by atoms with Gasteiger partial charge in [0, 0.05) is 9.35 Å². The van der Waals surface area contributed by atoms with Crippen molar-refractivity contribution in [3.05, 3.63) is 20.8 Å². The second-order valence-electron chi connectivity index (χ2n) is 5.54. The molecular formula is C15H20BrNOS. The van der Waals surface area contributed by atoms with Crippen molar-refractivity contribution < 1.29 is 5.11 Å². The molecule has 0 bridgehead atoms. The number of halogens is 1. The van der Waals surface area contributed by atoms with Crippen LogP contribution in [0.1, 0.15) is 56.4 Å². The molecule has 0 aliphatic heterocycles. The summed E-state index contributed by atoms with van der Waals surface area (Å²) >= 11 is 4.99. The molecule has 1 aromatic rings. The zero-order valence-corrected chi connectivity index (χ0v) is 13.6. The molecule has 19 heavy (non-hydrogen) atoms. The van der Waals surface area contributed by atoms with Crippen LogP contribution in [0.2, 0.25) is 0 Å². The van der Waals surface area contributed by atoms with Crippen molar-refractivity contribution in [1.29, 1.82) is 5.26 Å². The topological polar surface area (TPSA) is 44.0 Å². The van der Waals surface area contributed by atoms with Gasteiger partial charge in [0.2, 0.25) is 0 Å². The molecule has 0 spiro atoms. The number of rotatable bonds is 4. The predicted octanol–water partition coefficient (Wildman–Crippen LogP) is 5.04. The van der Waals surface area contributed by atoms with Gasteiger partial charge in [-0.25, -0.2) is 0 Å². The lowest BCUT2D eigenvalue weighted by Gasteiger charge is -2.38. The molecule has 0 saturated heterocycles. The van der Waals surface area contributed by atoms with E-state index in [0.29, 0.717) is 0 Å². The third kappa shape index (κ3) is 3.04. The van der Waals surface area contributed by atoms with Gasteiger partial charge in [0.25, 0.3) is 0 Å². The Hall–Kier alpha value is -0.370. The minimum atomic E-state index is -0.658. The van der Waals surface area contributed by atoms with Crippen molar-refractivity contribution in [2.24, 2.45) is 11.3 Å². The quantitative estimate of drug-likeness (QED) is 0.833. The first-order chi connectivity index (χ1) is 9.13. The molecule has 1 N–H and O–H groups in total. The van der Waals surface area contributed by atoms with Crippen LogP contribution in [-0.4, -0.2) is 5.11 Å². The van der Waals surface area contributed by atoms with Gasteiger partial charge in [-0.2, -0.15) is 5.26 Å². The van der Waals surface area contributed by atoms with Crippen molar-refractivity contribution in [3.8, 4) is 6.07 Å². The van der Waals surface area contributed by atoms with Gasteiger partial charge < -0.3 is 5.11 Å². The first-order valence-electron chi connectivity index (χ1n) is 6.95. The minimum Gasteiger partial charge on any atom is -0.386 e. The SMILES string of the molecule is CCCC1CCC(C#N)(C(O)c2sccc2Br)CC1. The standard InChI is InChI=1S/C15H20BrNOS/c1-2-3-11-4-7-15(10-17,8-5-11)14(18)13-12(16)6-9-19-13/h6,9,11,14,18H,2-5,7-8H2,1H3. The Morgan fingerprint density at radius 2 is 2.26 bits per heavy atom. The number of aliphatic hydroxyl groups excluding tert-OH is 1. The summed E-state index contributed by atoms with van der Waals surface area (Å²) in [7, 11) is 0. The molecule has 1 aliphatic carbocycles. The summed E-state index contributed by atoms with van der Waals surface area (Å²) in [5.41, 5.74) is -0.586. The monoisotopic (exact) mass is 341 g/mol. The van der Waals surface area contributed by atoms with Gasteiger partial charge in [-0.15, -0.1) is 11.3 Å². The molecule has 1 atom stereocenters. The maximum atomic E-state index is 10.6.